The fraction of sp³-hybridized carbons (Fsp3) is 0.391. The van der Waals surface area contributed by atoms with E-state index in [1.165, 1.54) is 6.07 Å². The van der Waals surface area contributed by atoms with Crippen molar-refractivity contribution in [1.29, 1.82) is 0 Å². The van der Waals surface area contributed by atoms with E-state index in [1.807, 2.05) is 0 Å². The van der Waals surface area contributed by atoms with Gasteiger partial charge in [0.1, 0.15) is 17.4 Å². The molecule has 3 N–H and O–H groups in total. The highest BCUT2D eigenvalue weighted by molar-refractivity contribution is 5.97. The number of fused-ring (bicyclic) bond motifs is 1. The van der Waals surface area contributed by atoms with Crippen molar-refractivity contribution in [3.63, 3.8) is 0 Å². The second kappa shape index (κ2) is 8.82. The van der Waals surface area contributed by atoms with Crippen molar-refractivity contribution in [3.05, 3.63) is 59.2 Å². The summed E-state index contributed by atoms with van der Waals surface area (Å²) in [7, 11) is 0. The molecule has 2 aromatic rings. The lowest BCUT2D eigenvalue weighted by Gasteiger charge is -2.28. The first-order chi connectivity index (χ1) is 14.9. The van der Waals surface area contributed by atoms with Gasteiger partial charge in [0.25, 0.3) is 5.91 Å². The average molecular weight is 450 g/mol. The van der Waals surface area contributed by atoms with Gasteiger partial charge in [0.05, 0.1) is 11.3 Å². The van der Waals surface area contributed by atoms with Crippen LogP contribution in [0, 0.1) is 0 Å². The second-order valence-corrected chi connectivity index (χ2v) is 8.36. The number of anilines is 1. The van der Waals surface area contributed by atoms with E-state index in [9.17, 15) is 22.8 Å². The maximum absolute atomic E-state index is 12.9. The predicted molar refractivity (Wildman–Crippen MR) is 112 cm³/mol. The zero-order valence-corrected chi connectivity index (χ0v) is 18.0. The Labute approximate surface area is 183 Å². The molecule has 2 aromatic carbocycles. The first-order valence-electron chi connectivity index (χ1n) is 10.1. The van der Waals surface area contributed by atoms with Crippen molar-refractivity contribution in [2.45, 2.75) is 57.5 Å². The Morgan fingerprint density at radius 3 is 2.62 bits per heavy atom. The van der Waals surface area contributed by atoms with Crippen molar-refractivity contribution < 1.29 is 32.2 Å². The molecule has 0 radical (unpaired) electrons. The minimum absolute atomic E-state index is 0.292. The number of benzene rings is 2. The Morgan fingerprint density at radius 1 is 1.22 bits per heavy atom. The molecule has 0 saturated carbocycles. The molecule has 172 valence electrons. The monoisotopic (exact) mass is 450 g/mol. The number of carbonyl (C=O) groups excluding carboxylic acids is 2. The van der Waals surface area contributed by atoms with Gasteiger partial charge in [-0.3, -0.25) is 4.79 Å². The molecule has 0 saturated heterocycles. The fourth-order valence-corrected chi connectivity index (χ4v) is 3.29. The van der Waals surface area contributed by atoms with Crippen LogP contribution in [0.5, 0.6) is 5.75 Å². The largest absolute Gasteiger partial charge is 0.479 e. The van der Waals surface area contributed by atoms with Crippen LogP contribution >= 0.6 is 0 Å². The molecule has 0 aromatic heterocycles. The first-order valence-corrected chi connectivity index (χ1v) is 10.1. The van der Waals surface area contributed by atoms with Crippen molar-refractivity contribution in [3.8, 4) is 5.75 Å². The number of rotatable bonds is 6. The summed E-state index contributed by atoms with van der Waals surface area (Å²) in [6.07, 6.45) is -4.44. The lowest BCUT2D eigenvalue weighted by molar-refractivity contribution is -0.158. The maximum Gasteiger partial charge on any atom is 0.416 e. The number of hydrogen-bond donors (Lipinski definition) is 2. The molecule has 0 bridgehead atoms. The van der Waals surface area contributed by atoms with E-state index in [0.717, 1.165) is 12.1 Å². The van der Waals surface area contributed by atoms with Crippen LogP contribution in [-0.2, 0) is 26.9 Å². The van der Waals surface area contributed by atoms with Gasteiger partial charge in [-0.15, -0.1) is 0 Å². The smallest absolute Gasteiger partial charge is 0.416 e. The van der Waals surface area contributed by atoms with Crippen molar-refractivity contribution in [1.82, 2.24) is 0 Å². The molecule has 2 unspecified atom stereocenters. The van der Waals surface area contributed by atoms with E-state index in [-0.39, 0.29) is 5.91 Å². The second-order valence-electron chi connectivity index (χ2n) is 8.36. The van der Waals surface area contributed by atoms with Crippen LogP contribution in [0.15, 0.2) is 42.5 Å². The summed E-state index contributed by atoms with van der Waals surface area (Å²) in [5, 5.41) is 2.69. The van der Waals surface area contributed by atoms with Gasteiger partial charge >= 0.3 is 12.1 Å². The number of nitrogens with two attached hydrogens (primary N) is 1. The number of amides is 1. The summed E-state index contributed by atoms with van der Waals surface area (Å²) in [5.74, 6) is -0.514. The topological polar surface area (TPSA) is 90.7 Å². The molecule has 1 heterocycles. The van der Waals surface area contributed by atoms with Crippen LogP contribution in [0.2, 0.25) is 0 Å². The Kier molecular flexibility index (Phi) is 6.50. The Morgan fingerprint density at radius 2 is 1.94 bits per heavy atom. The van der Waals surface area contributed by atoms with Crippen LogP contribution < -0.4 is 15.8 Å². The Balaban J connectivity index is 1.63. The molecule has 32 heavy (non-hydrogen) atoms. The standard InChI is InChI=1S/C23H25F3N2O4/c1-13-20(29)28-17-12-15(7-8-18(17)31-13)19(27)21(30)32-22(2,3)10-9-14-5-4-6-16(11-14)23(24,25)26/h4-8,11-13,19H,9-10,27H2,1-3H3,(H,28,29). The lowest BCUT2D eigenvalue weighted by Crippen LogP contribution is -2.35. The number of nitrogens with one attached hydrogen (secondary N) is 1. The van der Waals surface area contributed by atoms with E-state index >= 15 is 0 Å². The molecular weight excluding hydrogens is 425 g/mol. The third-order valence-corrected chi connectivity index (χ3v) is 5.19. The van der Waals surface area contributed by atoms with E-state index in [2.05, 4.69) is 5.32 Å². The van der Waals surface area contributed by atoms with E-state index in [1.54, 1.807) is 45.0 Å². The van der Waals surface area contributed by atoms with Crippen molar-refractivity contribution in [2.24, 2.45) is 5.73 Å². The highest BCUT2D eigenvalue weighted by atomic mass is 19.4. The molecule has 9 heteroatoms. The van der Waals surface area contributed by atoms with Gasteiger partial charge in [0.2, 0.25) is 0 Å². The Bertz CT molecular complexity index is 1020. The number of ether oxygens (including phenoxy) is 2. The minimum Gasteiger partial charge on any atom is -0.479 e. The molecule has 6 nitrogen and oxygen atoms in total. The van der Waals surface area contributed by atoms with E-state index in [4.69, 9.17) is 15.2 Å². The summed E-state index contributed by atoms with van der Waals surface area (Å²) in [6.45, 7) is 4.97. The van der Waals surface area contributed by atoms with Crippen molar-refractivity contribution >= 4 is 17.6 Å². The summed E-state index contributed by atoms with van der Waals surface area (Å²) >= 11 is 0. The zero-order valence-electron chi connectivity index (χ0n) is 18.0. The van der Waals surface area contributed by atoms with Gasteiger partial charge in [-0.05, 0) is 62.9 Å². The molecule has 3 rings (SSSR count). The van der Waals surface area contributed by atoms with Gasteiger partial charge < -0.3 is 20.5 Å². The lowest BCUT2D eigenvalue weighted by atomic mass is 9.97. The van der Waals surface area contributed by atoms with Gasteiger partial charge in [0.15, 0.2) is 6.10 Å². The highest BCUT2D eigenvalue weighted by Gasteiger charge is 2.31. The van der Waals surface area contributed by atoms with E-state index < -0.39 is 35.5 Å². The van der Waals surface area contributed by atoms with Gasteiger partial charge in [0, 0.05) is 0 Å². The van der Waals surface area contributed by atoms with Gasteiger partial charge in [-0.1, -0.05) is 24.3 Å². The van der Waals surface area contributed by atoms with Crippen LogP contribution in [0.4, 0.5) is 18.9 Å². The molecule has 2 atom stereocenters. The van der Waals surface area contributed by atoms with Crippen LogP contribution in [0.25, 0.3) is 0 Å². The van der Waals surface area contributed by atoms with Crippen LogP contribution in [0.3, 0.4) is 0 Å². The zero-order chi connectivity index (χ0) is 23.7. The normalized spacial score (nSPS) is 17.1. The number of esters is 1. The molecular formula is C23H25F3N2O4. The minimum atomic E-state index is -4.41. The predicted octanol–water partition coefficient (Wildman–Crippen LogP) is 4.38. The first kappa shape index (κ1) is 23.6. The summed E-state index contributed by atoms with van der Waals surface area (Å²) in [5.41, 5.74) is 5.73. The molecule has 1 aliphatic heterocycles. The summed E-state index contributed by atoms with van der Waals surface area (Å²) in [6, 6.07) is 8.74. The summed E-state index contributed by atoms with van der Waals surface area (Å²) in [4.78, 5) is 24.4. The maximum atomic E-state index is 12.9. The molecule has 0 aliphatic carbocycles. The number of carbonyl (C=O) groups is 2. The Hall–Kier alpha value is -3.07. The quantitative estimate of drug-likeness (QED) is 0.638. The summed E-state index contributed by atoms with van der Waals surface area (Å²) < 4.78 is 49.7. The number of halogens is 3. The number of alkyl halides is 3. The van der Waals surface area contributed by atoms with Gasteiger partial charge in [-0.2, -0.15) is 13.2 Å². The van der Waals surface area contributed by atoms with Crippen LogP contribution in [-0.4, -0.2) is 23.6 Å². The number of aryl methyl sites for hydroxylation is 1. The molecule has 1 aliphatic rings. The molecule has 1 amide bonds. The number of hydrogen-bond acceptors (Lipinski definition) is 5. The molecule has 0 fully saturated rings. The fourth-order valence-electron chi connectivity index (χ4n) is 3.29. The highest BCUT2D eigenvalue weighted by Crippen LogP contribution is 2.33. The average Bonchev–Trinajstić information content (AvgIpc) is 2.71. The third-order valence-electron chi connectivity index (χ3n) is 5.19. The molecule has 0 spiro atoms. The van der Waals surface area contributed by atoms with E-state index in [0.29, 0.717) is 35.4 Å². The van der Waals surface area contributed by atoms with Crippen LogP contribution in [0.1, 0.15) is 49.9 Å². The van der Waals surface area contributed by atoms with Crippen molar-refractivity contribution in [2.75, 3.05) is 5.32 Å². The SMILES string of the molecule is CC1Oc2ccc(C(N)C(=O)OC(C)(C)CCc3cccc(C(F)(F)F)c3)cc2NC1=O. The third kappa shape index (κ3) is 5.59. The van der Waals surface area contributed by atoms with Gasteiger partial charge in [-0.25, -0.2) is 4.79 Å².